The van der Waals surface area contributed by atoms with Gasteiger partial charge in [0.25, 0.3) is 5.91 Å². The fraction of sp³-hybridized carbons (Fsp3) is 0.263. The number of carbonyl (C=O) groups is 2. The molecule has 2 aromatic carbocycles. The van der Waals surface area contributed by atoms with Crippen molar-refractivity contribution in [3.05, 3.63) is 65.5 Å². The van der Waals surface area contributed by atoms with Crippen LogP contribution in [0.1, 0.15) is 30.4 Å². The van der Waals surface area contributed by atoms with Crippen LogP contribution in [0, 0.1) is 12.7 Å². The number of carbonyl (C=O) groups excluding carboxylic acids is 2. The highest BCUT2D eigenvalue weighted by Crippen LogP contribution is 2.21. The van der Waals surface area contributed by atoms with Gasteiger partial charge in [-0.25, -0.2) is 4.39 Å². The minimum absolute atomic E-state index is 0.0664. The molecule has 5 heteroatoms. The normalized spacial score (nSPS) is 11.6. The SMILES string of the molecule is CCC(C(=O)OCC(=O)Nc1ccc(C)cc1F)c1ccccc1. The van der Waals surface area contributed by atoms with E-state index >= 15 is 0 Å². The van der Waals surface area contributed by atoms with Gasteiger partial charge in [0.05, 0.1) is 11.6 Å². The van der Waals surface area contributed by atoms with E-state index in [9.17, 15) is 14.0 Å². The number of ether oxygens (including phenoxy) is 1. The average molecular weight is 329 g/mol. The lowest BCUT2D eigenvalue weighted by Crippen LogP contribution is -2.24. The third kappa shape index (κ3) is 4.65. The van der Waals surface area contributed by atoms with Crippen molar-refractivity contribution < 1.29 is 18.7 Å². The molecule has 2 aromatic rings. The molecule has 0 aliphatic heterocycles. The van der Waals surface area contributed by atoms with Gasteiger partial charge in [0.15, 0.2) is 6.61 Å². The van der Waals surface area contributed by atoms with Crippen molar-refractivity contribution in [1.29, 1.82) is 0 Å². The summed E-state index contributed by atoms with van der Waals surface area (Å²) in [4.78, 5) is 24.0. The number of benzene rings is 2. The summed E-state index contributed by atoms with van der Waals surface area (Å²) in [5.41, 5.74) is 1.66. The molecule has 0 saturated heterocycles. The highest BCUT2D eigenvalue weighted by Gasteiger charge is 2.21. The molecule has 24 heavy (non-hydrogen) atoms. The van der Waals surface area contributed by atoms with Gasteiger partial charge >= 0.3 is 5.97 Å². The van der Waals surface area contributed by atoms with Gasteiger partial charge in [-0.2, -0.15) is 0 Å². The Kier molecular flexibility index (Phi) is 6.07. The van der Waals surface area contributed by atoms with Crippen LogP contribution in [-0.4, -0.2) is 18.5 Å². The number of hydrogen-bond donors (Lipinski definition) is 1. The van der Waals surface area contributed by atoms with E-state index in [1.165, 1.54) is 12.1 Å². The predicted octanol–water partition coefficient (Wildman–Crippen LogP) is 3.81. The van der Waals surface area contributed by atoms with Gasteiger partial charge in [0.2, 0.25) is 0 Å². The smallest absolute Gasteiger partial charge is 0.313 e. The zero-order valence-electron chi connectivity index (χ0n) is 13.7. The Hall–Kier alpha value is -2.69. The van der Waals surface area contributed by atoms with E-state index in [2.05, 4.69) is 5.32 Å². The van der Waals surface area contributed by atoms with Gasteiger partial charge in [-0.05, 0) is 36.6 Å². The maximum absolute atomic E-state index is 13.7. The number of nitrogens with one attached hydrogen (secondary N) is 1. The highest BCUT2D eigenvalue weighted by atomic mass is 19.1. The first-order valence-corrected chi connectivity index (χ1v) is 7.79. The van der Waals surface area contributed by atoms with Gasteiger partial charge in [-0.1, -0.05) is 43.3 Å². The third-order valence-electron chi connectivity index (χ3n) is 3.64. The maximum atomic E-state index is 13.7. The minimum atomic E-state index is -0.575. The highest BCUT2D eigenvalue weighted by molar-refractivity contribution is 5.93. The van der Waals surface area contributed by atoms with Crippen molar-refractivity contribution in [2.75, 3.05) is 11.9 Å². The fourth-order valence-electron chi connectivity index (χ4n) is 2.37. The number of rotatable bonds is 6. The number of aryl methyl sites for hydroxylation is 1. The molecule has 0 bridgehead atoms. The molecule has 0 radical (unpaired) electrons. The number of halogens is 1. The molecular formula is C19H20FNO3. The van der Waals surface area contributed by atoms with Gasteiger partial charge < -0.3 is 10.1 Å². The molecule has 0 saturated carbocycles. The monoisotopic (exact) mass is 329 g/mol. The number of esters is 1. The minimum Gasteiger partial charge on any atom is -0.455 e. The van der Waals surface area contributed by atoms with E-state index in [0.717, 1.165) is 11.1 Å². The van der Waals surface area contributed by atoms with Crippen LogP contribution >= 0.6 is 0 Å². The zero-order chi connectivity index (χ0) is 17.5. The average Bonchev–Trinajstić information content (AvgIpc) is 2.57. The van der Waals surface area contributed by atoms with E-state index in [0.29, 0.717) is 6.42 Å². The zero-order valence-corrected chi connectivity index (χ0v) is 13.7. The second-order valence-corrected chi connectivity index (χ2v) is 5.51. The van der Waals surface area contributed by atoms with Crippen molar-refractivity contribution in [2.45, 2.75) is 26.2 Å². The van der Waals surface area contributed by atoms with Crippen LogP contribution in [0.5, 0.6) is 0 Å². The molecule has 0 aromatic heterocycles. The van der Waals surface area contributed by atoms with Crippen molar-refractivity contribution in [3.8, 4) is 0 Å². The van der Waals surface area contributed by atoms with Crippen LogP contribution in [0.4, 0.5) is 10.1 Å². The standard InChI is InChI=1S/C19H20FNO3/c1-3-15(14-7-5-4-6-8-14)19(23)24-12-18(22)21-17-10-9-13(2)11-16(17)20/h4-11,15H,3,12H2,1-2H3,(H,21,22). The Bertz CT molecular complexity index is 716. The van der Waals surface area contributed by atoms with Crippen LogP contribution in [0.3, 0.4) is 0 Å². The summed E-state index contributed by atoms with van der Waals surface area (Å²) >= 11 is 0. The molecule has 1 unspecified atom stereocenters. The van der Waals surface area contributed by atoms with E-state index in [1.54, 1.807) is 13.0 Å². The molecule has 1 atom stereocenters. The second-order valence-electron chi connectivity index (χ2n) is 5.51. The van der Waals surface area contributed by atoms with Gasteiger partial charge in [0.1, 0.15) is 5.82 Å². The topological polar surface area (TPSA) is 55.4 Å². The van der Waals surface area contributed by atoms with Crippen LogP contribution in [-0.2, 0) is 14.3 Å². The van der Waals surface area contributed by atoms with Gasteiger partial charge in [-0.3, -0.25) is 9.59 Å². The molecule has 0 heterocycles. The van der Waals surface area contributed by atoms with Crippen LogP contribution in [0.2, 0.25) is 0 Å². The molecule has 126 valence electrons. The lowest BCUT2D eigenvalue weighted by molar-refractivity contribution is -0.149. The van der Waals surface area contributed by atoms with Crippen LogP contribution in [0.15, 0.2) is 48.5 Å². The first-order valence-electron chi connectivity index (χ1n) is 7.79. The number of hydrogen-bond acceptors (Lipinski definition) is 3. The van der Waals surface area contributed by atoms with Crippen molar-refractivity contribution in [2.24, 2.45) is 0 Å². The van der Waals surface area contributed by atoms with E-state index in [-0.39, 0.29) is 5.69 Å². The Morgan fingerprint density at radius 1 is 1.17 bits per heavy atom. The largest absolute Gasteiger partial charge is 0.455 e. The number of amides is 1. The van der Waals surface area contributed by atoms with Crippen LogP contribution < -0.4 is 5.32 Å². The first kappa shape index (κ1) is 17.7. The Morgan fingerprint density at radius 2 is 1.88 bits per heavy atom. The predicted molar refractivity (Wildman–Crippen MR) is 90.2 cm³/mol. The summed E-state index contributed by atoms with van der Waals surface area (Å²) in [7, 11) is 0. The molecule has 1 N–H and O–H groups in total. The fourth-order valence-corrected chi connectivity index (χ4v) is 2.37. The molecular weight excluding hydrogens is 309 g/mol. The molecule has 1 amide bonds. The molecule has 0 aliphatic rings. The Balaban J connectivity index is 1.92. The molecule has 4 nitrogen and oxygen atoms in total. The molecule has 0 spiro atoms. The third-order valence-corrected chi connectivity index (χ3v) is 3.64. The summed E-state index contributed by atoms with van der Waals surface area (Å²) in [6.07, 6.45) is 0.567. The van der Waals surface area contributed by atoms with E-state index in [1.807, 2.05) is 37.3 Å². The quantitative estimate of drug-likeness (QED) is 0.820. The number of anilines is 1. The maximum Gasteiger partial charge on any atom is 0.313 e. The van der Waals surface area contributed by atoms with E-state index < -0.39 is 30.2 Å². The van der Waals surface area contributed by atoms with Crippen molar-refractivity contribution in [1.82, 2.24) is 0 Å². The summed E-state index contributed by atoms with van der Waals surface area (Å²) in [5.74, 6) is -1.99. The molecule has 2 rings (SSSR count). The molecule has 0 fully saturated rings. The summed E-state index contributed by atoms with van der Waals surface area (Å²) in [5, 5.41) is 2.40. The summed E-state index contributed by atoms with van der Waals surface area (Å²) < 4.78 is 18.8. The second kappa shape index (κ2) is 8.24. The summed E-state index contributed by atoms with van der Waals surface area (Å²) in [6, 6.07) is 13.7. The first-order chi connectivity index (χ1) is 11.5. The lowest BCUT2D eigenvalue weighted by atomic mass is 9.97. The molecule has 0 aliphatic carbocycles. The Labute approximate surface area is 140 Å². The van der Waals surface area contributed by atoms with Crippen molar-refractivity contribution >= 4 is 17.6 Å². The van der Waals surface area contributed by atoms with Crippen molar-refractivity contribution in [3.63, 3.8) is 0 Å². The van der Waals surface area contributed by atoms with Gasteiger partial charge in [0, 0.05) is 0 Å². The van der Waals surface area contributed by atoms with Crippen LogP contribution in [0.25, 0.3) is 0 Å². The lowest BCUT2D eigenvalue weighted by Gasteiger charge is -2.14. The summed E-state index contributed by atoms with van der Waals surface area (Å²) in [6.45, 7) is 3.18. The van der Waals surface area contributed by atoms with E-state index in [4.69, 9.17) is 4.74 Å². The van der Waals surface area contributed by atoms with Gasteiger partial charge in [-0.15, -0.1) is 0 Å². The Morgan fingerprint density at radius 3 is 2.50 bits per heavy atom.